The van der Waals surface area contributed by atoms with Gasteiger partial charge in [0.15, 0.2) is 5.13 Å². The molecule has 4 nitrogen and oxygen atoms in total. The summed E-state index contributed by atoms with van der Waals surface area (Å²) < 4.78 is 0. The van der Waals surface area contributed by atoms with Crippen molar-refractivity contribution in [2.75, 3.05) is 25.0 Å². The van der Waals surface area contributed by atoms with E-state index >= 15 is 0 Å². The highest BCUT2D eigenvalue weighted by Crippen LogP contribution is 2.14. The Labute approximate surface area is 75.4 Å². The summed E-state index contributed by atoms with van der Waals surface area (Å²) >= 11 is 1.54. The first-order valence-corrected chi connectivity index (χ1v) is 4.74. The van der Waals surface area contributed by atoms with Crippen LogP contribution in [0, 0.1) is 0 Å². The van der Waals surface area contributed by atoms with Crippen LogP contribution in [0.3, 0.4) is 0 Å². The summed E-state index contributed by atoms with van der Waals surface area (Å²) in [4.78, 5) is 4.25. The van der Waals surface area contributed by atoms with Crippen molar-refractivity contribution in [2.45, 2.75) is 6.42 Å². The number of thiazole rings is 1. The largest absolute Gasteiger partial charge is 0.395 e. The number of nitrogens with two attached hydrogens (primary N) is 1. The van der Waals surface area contributed by atoms with Crippen LogP contribution < -0.4 is 11.1 Å². The number of rotatable bonds is 5. The van der Waals surface area contributed by atoms with Crippen LogP contribution in [0.1, 0.15) is 5.69 Å². The fraction of sp³-hybridized carbons (Fsp3) is 0.571. The minimum atomic E-state index is 0.131. The van der Waals surface area contributed by atoms with E-state index in [9.17, 15) is 0 Å². The van der Waals surface area contributed by atoms with Crippen molar-refractivity contribution in [3.63, 3.8) is 0 Å². The van der Waals surface area contributed by atoms with Crippen LogP contribution in [0.15, 0.2) is 5.38 Å². The molecule has 1 aromatic heterocycles. The molecule has 0 aliphatic heterocycles. The highest BCUT2D eigenvalue weighted by atomic mass is 32.1. The van der Waals surface area contributed by atoms with Gasteiger partial charge in [-0.1, -0.05) is 0 Å². The Bertz CT molecular complexity index is 226. The van der Waals surface area contributed by atoms with Crippen LogP contribution in [-0.4, -0.2) is 29.8 Å². The maximum absolute atomic E-state index is 8.53. The van der Waals surface area contributed by atoms with Gasteiger partial charge < -0.3 is 16.2 Å². The van der Waals surface area contributed by atoms with Crippen LogP contribution in [0.5, 0.6) is 0 Å². The van der Waals surface area contributed by atoms with Crippen molar-refractivity contribution in [1.82, 2.24) is 4.98 Å². The summed E-state index contributed by atoms with van der Waals surface area (Å²) in [5.41, 5.74) is 6.39. The molecule has 12 heavy (non-hydrogen) atoms. The van der Waals surface area contributed by atoms with Gasteiger partial charge >= 0.3 is 0 Å². The molecule has 0 unspecified atom stereocenters. The number of hydrogen-bond acceptors (Lipinski definition) is 5. The van der Waals surface area contributed by atoms with E-state index in [1.165, 1.54) is 0 Å². The Balaban J connectivity index is 2.41. The van der Waals surface area contributed by atoms with Gasteiger partial charge in [0, 0.05) is 18.3 Å². The van der Waals surface area contributed by atoms with Crippen molar-refractivity contribution in [1.29, 1.82) is 0 Å². The predicted molar refractivity (Wildman–Crippen MR) is 50.4 cm³/mol. The van der Waals surface area contributed by atoms with E-state index in [4.69, 9.17) is 10.8 Å². The number of nitrogens with zero attached hydrogens (tertiary/aromatic N) is 1. The van der Waals surface area contributed by atoms with E-state index in [-0.39, 0.29) is 6.61 Å². The van der Waals surface area contributed by atoms with Gasteiger partial charge in [-0.3, -0.25) is 0 Å². The molecule has 0 fully saturated rings. The molecular formula is C7H13N3OS. The van der Waals surface area contributed by atoms with E-state index in [0.717, 1.165) is 17.2 Å². The summed E-state index contributed by atoms with van der Waals surface area (Å²) in [6.45, 7) is 1.31. The summed E-state index contributed by atoms with van der Waals surface area (Å²) in [5, 5.41) is 14.4. The van der Waals surface area contributed by atoms with E-state index in [1.54, 1.807) is 11.3 Å². The van der Waals surface area contributed by atoms with Crippen LogP contribution in [0.25, 0.3) is 0 Å². The monoisotopic (exact) mass is 187 g/mol. The first-order valence-electron chi connectivity index (χ1n) is 3.86. The fourth-order valence-electron chi connectivity index (χ4n) is 0.814. The van der Waals surface area contributed by atoms with Gasteiger partial charge in [-0.2, -0.15) is 0 Å². The molecule has 0 spiro atoms. The Hall–Kier alpha value is -0.650. The Kier molecular flexibility index (Phi) is 3.99. The van der Waals surface area contributed by atoms with Gasteiger partial charge in [0.1, 0.15) is 0 Å². The minimum Gasteiger partial charge on any atom is -0.395 e. The normalized spacial score (nSPS) is 10.2. The Morgan fingerprint density at radius 2 is 2.50 bits per heavy atom. The van der Waals surface area contributed by atoms with Gasteiger partial charge in [-0.25, -0.2) is 4.98 Å². The van der Waals surface area contributed by atoms with E-state index in [1.807, 2.05) is 5.38 Å². The lowest BCUT2D eigenvalue weighted by Crippen LogP contribution is -2.06. The van der Waals surface area contributed by atoms with Crippen LogP contribution in [0.4, 0.5) is 5.13 Å². The standard InChI is InChI=1S/C7H13N3OS/c8-2-1-6-5-12-7(10-6)9-3-4-11/h5,11H,1-4,8H2,(H,9,10). The number of hydrogen-bond donors (Lipinski definition) is 3. The summed E-state index contributed by atoms with van der Waals surface area (Å²) in [5.74, 6) is 0. The summed E-state index contributed by atoms with van der Waals surface area (Å²) in [7, 11) is 0. The molecule has 0 atom stereocenters. The topological polar surface area (TPSA) is 71.2 Å². The van der Waals surface area contributed by atoms with Gasteiger partial charge in [0.25, 0.3) is 0 Å². The zero-order valence-corrected chi connectivity index (χ0v) is 7.60. The number of anilines is 1. The van der Waals surface area contributed by atoms with E-state index in [0.29, 0.717) is 13.1 Å². The van der Waals surface area contributed by atoms with Gasteiger partial charge in [0.05, 0.1) is 12.3 Å². The average Bonchev–Trinajstić information content (AvgIpc) is 2.50. The fourth-order valence-corrected chi connectivity index (χ4v) is 1.59. The number of aliphatic hydroxyl groups is 1. The molecule has 68 valence electrons. The third-order valence-corrected chi connectivity index (χ3v) is 2.19. The molecule has 1 aromatic rings. The maximum atomic E-state index is 8.53. The van der Waals surface area contributed by atoms with Crippen molar-refractivity contribution in [2.24, 2.45) is 5.73 Å². The van der Waals surface area contributed by atoms with Crippen molar-refractivity contribution >= 4 is 16.5 Å². The van der Waals surface area contributed by atoms with Crippen LogP contribution in [-0.2, 0) is 6.42 Å². The quantitative estimate of drug-likeness (QED) is 0.609. The Morgan fingerprint density at radius 3 is 3.17 bits per heavy atom. The predicted octanol–water partition coefficient (Wildman–Crippen LogP) is 0.0485. The smallest absolute Gasteiger partial charge is 0.182 e. The molecule has 0 radical (unpaired) electrons. The van der Waals surface area contributed by atoms with Gasteiger partial charge in [0.2, 0.25) is 0 Å². The molecular weight excluding hydrogens is 174 g/mol. The lowest BCUT2D eigenvalue weighted by molar-refractivity contribution is 0.311. The molecule has 5 heteroatoms. The molecule has 0 saturated carbocycles. The van der Waals surface area contributed by atoms with Crippen LogP contribution in [0.2, 0.25) is 0 Å². The maximum Gasteiger partial charge on any atom is 0.182 e. The third kappa shape index (κ3) is 2.77. The number of aromatic nitrogens is 1. The molecule has 0 aliphatic carbocycles. The lowest BCUT2D eigenvalue weighted by Gasteiger charge is -1.96. The highest BCUT2D eigenvalue weighted by Gasteiger charge is 1.98. The van der Waals surface area contributed by atoms with Crippen molar-refractivity contribution in [3.8, 4) is 0 Å². The SMILES string of the molecule is NCCc1csc(NCCO)n1. The molecule has 0 amide bonds. The molecule has 0 aromatic carbocycles. The molecule has 0 bridgehead atoms. The van der Waals surface area contributed by atoms with Crippen LogP contribution >= 0.6 is 11.3 Å². The van der Waals surface area contributed by atoms with Gasteiger partial charge in [-0.15, -0.1) is 11.3 Å². The number of aliphatic hydroxyl groups excluding tert-OH is 1. The first-order chi connectivity index (χ1) is 5.86. The molecule has 1 heterocycles. The van der Waals surface area contributed by atoms with E-state index < -0.39 is 0 Å². The minimum absolute atomic E-state index is 0.131. The lowest BCUT2D eigenvalue weighted by atomic mass is 10.3. The molecule has 4 N–H and O–H groups in total. The zero-order valence-electron chi connectivity index (χ0n) is 6.79. The second-order valence-electron chi connectivity index (χ2n) is 2.33. The second kappa shape index (κ2) is 5.08. The molecule has 1 rings (SSSR count). The van der Waals surface area contributed by atoms with E-state index in [2.05, 4.69) is 10.3 Å². The Morgan fingerprint density at radius 1 is 1.67 bits per heavy atom. The molecule has 0 aliphatic rings. The average molecular weight is 187 g/mol. The zero-order chi connectivity index (χ0) is 8.81. The second-order valence-corrected chi connectivity index (χ2v) is 3.19. The first kappa shape index (κ1) is 9.44. The van der Waals surface area contributed by atoms with Crippen molar-refractivity contribution in [3.05, 3.63) is 11.1 Å². The summed E-state index contributed by atoms with van der Waals surface area (Å²) in [6.07, 6.45) is 0.817. The third-order valence-electron chi connectivity index (χ3n) is 1.34. The van der Waals surface area contributed by atoms with Gasteiger partial charge in [-0.05, 0) is 6.54 Å². The molecule has 0 saturated heterocycles. The summed E-state index contributed by atoms with van der Waals surface area (Å²) in [6, 6.07) is 0. The highest BCUT2D eigenvalue weighted by molar-refractivity contribution is 7.13. The van der Waals surface area contributed by atoms with Crippen molar-refractivity contribution < 1.29 is 5.11 Å². The number of nitrogens with one attached hydrogen (secondary N) is 1.